The van der Waals surface area contributed by atoms with E-state index in [1.165, 1.54) is 23.2 Å². The molecular weight excluding hydrogens is 388 g/mol. The van der Waals surface area contributed by atoms with Crippen LogP contribution in [-0.2, 0) is 5.92 Å². The van der Waals surface area contributed by atoms with Gasteiger partial charge in [-0.3, -0.25) is 14.2 Å². The second-order valence-corrected chi connectivity index (χ2v) is 7.19. The molecule has 0 atom stereocenters. The molecule has 0 saturated heterocycles. The first-order valence-corrected chi connectivity index (χ1v) is 9.25. The van der Waals surface area contributed by atoms with Crippen molar-refractivity contribution in [2.24, 2.45) is 0 Å². The van der Waals surface area contributed by atoms with Crippen LogP contribution in [0.4, 0.5) is 14.5 Å². The third-order valence-electron chi connectivity index (χ3n) is 4.86. The Morgan fingerprint density at radius 1 is 1.07 bits per heavy atom. The fraction of sp³-hybridized carbons (Fsp3) is 0.182. The third-order valence-corrected chi connectivity index (χ3v) is 4.86. The van der Waals surface area contributed by atoms with Gasteiger partial charge in [0.2, 0.25) is 0 Å². The number of halogens is 2. The average Bonchev–Trinajstić information content (AvgIpc) is 3.15. The van der Waals surface area contributed by atoms with E-state index in [9.17, 15) is 13.6 Å². The lowest BCUT2D eigenvalue weighted by Gasteiger charge is -2.17. The molecule has 8 heteroatoms. The van der Waals surface area contributed by atoms with Crippen LogP contribution in [0.15, 0.2) is 61.3 Å². The normalized spacial score (nSPS) is 11.6. The second-order valence-electron chi connectivity index (χ2n) is 7.19. The van der Waals surface area contributed by atoms with Gasteiger partial charge in [-0.1, -0.05) is 24.3 Å². The number of amides is 1. The van der Waals surface area contributed by atoms with Crippen molar-refractivity contribution < 1.29 is 13.6 Å². The van der Waals surface area contributed by atoms with Gasteiger partial charge in [0, 0.05) is 37.5 Å². The summed E-state index contributed by atoms with van der Waals surface area (Å²) in [6.07, 6.45) is 8.05. The van der Waals surface area contributed by atoms with Crippen molar-refractivity contribution in [1.82, 2.24) is 19.4 Å². The van der Waals surface area contributed by atoms with Crippen molar-refractivity contribution in [3.63, 3.8) is 0 Å². The topological polar surface area (TPSA) is 63.4 Å². The van der Waals surface area contributed by atoms with E-state index in [4.69, 9.17) is 0 Å². The maximum absolute atomic E-state index is 13.5. The second kappa shape index (κ2) is 7.29. The highest BCUT2D eigenvalue weighted by Gasteiger charge is 2.24. The molecule has 0 unspecified atom stereocenters. The molecule has 1 amide bonds. The summed E-state index contributed by atoms with van der Waals surface area (Å²) in [6, 6.07) is 7.86. The third kappa shape index (κ3) is 3.63. The number of alkyl halides is 2. The van der Waals surface area contributed by atoms with Gasteiger partial charge in [0.1, 0.15) is 5.69 Å². The number of aromatic nitrogens is 4. The van der Waals surface area contributed by atoms with E-state index in [-0.39, 0.29) is 17.2 Å². The standard InChI is InChI=1S/C22H19F2N5O/c1-14-8-17(10-25-9-14)28(3)21(30)18-13-29-19(11-27-20(29)12-26-18)15-4-6-16(7-5-15)22(2,23)24/h4-13H,1-3H3. The summed E-state index contributed by atoms with van der Waals surface area (Å²) in [6.45, 7) is 2.76. The molecule has 0 radical (unpaired) electrons. The molecule has 3 heterocycles. The van der Waals surface area contributed by atoms with Crippen LogP contribution in [-0.4, -0.2) is 32.3 Å². The van der Waals surface area contributed by atoms with E-state index in [1.807, 2.05) is 13.0 Å². The van der Waals surface area contributed by atoms with Crippen LogP contribution >= 0.6 is 0 Å². The summed E-state index contributed by atoms with van der Waals surface area (Å²) >= 11 is 0. The molecule has 152 valence electrons. The zero-order valence-corrected chi connectivity index (χ0v) is 16.7. The molecule has 3 aromatic heterocycles. The van der Waals surface area contributed by atoms with Crippen LogP contribution in [0.5, 0.6) is 0 Å². The van der Waals surface area contributed by atoms with E-state index < -0.39 is 5.92 Å². The SMILES string of the molecule is Cc1cncc(N(C)C(=O)c2cn3c(-c4ccc(C(C)(F)F)cc4)cnc3cn2)c1. The zero-order chi connectivity index (χ0) is 21.5. The van der Waals surface area contributed by atoms with Crippen LogP contribution in [0.1, 0.15) is 28.5 Å². The molecule has 30 heavy (non-hydrogen) atoms. The number of carbonyl (C=O) groups excluding carboxylic acids is 1. The predicted octanol–water partition coefficient (Wildman–Crippen LogP) is 4.49. The van der Waals surface area contributed by atoms with Gasteiger partial charge >= 0.3 is 0 Å². The summed E-state index contributed by atoms with van der Waals surface area (Å²) in [7, 11) is 1.66. The van der Waals surface area contributed by atoms with Gasteiger partial charge in [0.05, 0.1) is 30.0 Å². The highest BCUT2D eigenvalue weighted by Crippen LogP contribution is 2.29. The van der Waals surface area contributed by atoms with Gasteiger partial charge in [0.25, 0.3) is 11.8 Å². The summed E-state index contributed by atoms with van der Waals surface area (Å²) in [5.41, 5.74) is 3.68. The van der Waals surface area contributed by atoms with E-state index in [1.54, 1.807) is 48.4 Å². The van der Waals surface area contributed by atoms with Crippen LogP contribution in [0.25, 0.3) is 16.9 Å². The molecule has 0 aliphatic heterocycles. The Labute approximate surface area is 171 Å². The largest absolute Gasteiger partial charge is 0.309 e. The maximum Gasteiger partial charge on any atom is 0.278 e. The number of hydrogen-bond acceptors (Lipinski definition) is 4. The van der Waals surface area contributed by atoms with E-state index in [2.05, 4.69) is 15.0 Å². The number of anilines is 1. The smallest absolute Gasteiger partial charge is 0.278 e. The molecule has 0 fully saturated rings. The van der Waals surface area contributed by atoms with Crippen molar-refractivity contribution in [2.75, 3.05) is 11.9 Å². The van der Waals surface area contributed by atoms with E-state index >= 15 is 0 Å². The zero-order valence-electron chi connectivity index (χ0n) is 16.7. The van der Waals surface area contributed by atoms with Gasteiger partial charge in [-0.25, -0.2) is 18.7 Å². The van der Waals surface area contributed by atoms with Crippen molar-refractivity contribution in [1.29, 1.82) is 0 Å². The Kier molecular flexibility index (Phi) is 4.77. The van der Waals surface area contributed by atoms with Crippen molar-refractivity contribution in [2.45, 2.75) is 19.8 Å². The van der Waals surface area contributed by atoms with Gasteiger partial charge < -0.3 is 4.90 Å². The number of benzene rings is 1. The lowest BCUT2D eigenvalue weighted by atomic mass is 10.1. The maximum atomic E-state index is 13.5. The minimum absolute atomic E-state index is 0.0639. The van der Waals surface area contributed by atoms with Crippen LogP contribution < -0.4 is 4.90 Å². The van der Waals surface area contributed by atoms with Gasteiger partial charge in [-0.15, -0.1) is 0 Å². The van der Waals surface area contributed by atoms with Crippen molar-refractivity contribution >= 4 is 17.2 Å². The van der Waals surface area contributed by atoms with Crippen LogP contribution in [0, 0.1) is 6.92 Å². The fourth-order valence-electron chi connectivity index (χ4n) is 3.16. The summed E-state index contributed by atoms with van der Waals surface area (Å²) < 4.78 is 28.7. The molecule has 0 bridgehead atoms. The molecule has 0 aliphatic rings. The van der Waals surface area contributed by atoms with Crippen LogP contribution in [0.3, 0.4) is 0 Å². The molecule has 6 nitrogen and oxygen atoms in total. The highest BCUT2D eigenvalue weighted by molar-refractivity contribution is 6.04. The molecule has 0 aliphatic carbocycles. The summed E-state index contributed by atoms with van der Waals surface area (Å²) in [5.74, 6) is -3.21. The number of nitrogens with zero attached hydrogens (tertiary/aromatic N) is 5. The molecule has 1 aromatic carbocycles. The quantitative estimate of drug-likeness (QED) is 0.500. The average molecular weight is 407 g/mol. The lowest BCUT2D eigenvalue weighted by Crippen LogP contribution is -2.27. The minimum atomic E-state index is -2.91. The molecule has 0 N–H and O–H groups in total. The molecule has 0 saturated carbocycles. The molecular formula is C22H19F2N5O. The minimum Gasteiger partial charge on any atom is -0.309 e. The molecule has 4 aromatic rings. The highest BCUT2D eigenvalue weighted by atomic mass is 19.3. The number of fused-ring (bicyclic) bond motifs is 1. The van der Waals surface area contributed by atoms with Gasteiger partial charge in [-0.2, -0.15) is 0 Å². The van der Waals surface area contributed by atoms with Crippen LogP contribution in [0.2, 0.25) is 0 Å². The Balaban J connectivity index is 1.70. The number of carbonyl (C=O) groups is 1. The summed E-state index contributed by atoms with van der Waals surface area (Å²) in [4.78, 5) is 27.1. The van der Waals surface area contributed by atoms with E-state index in [0.717, 1.165) is 12.5 Å². The Bertz CT molecular complexity index is 1230. The van der Waals surface area contributed by atoms with Gasteiger partial charge in [-0.05, 0) is 18.6 Å². The first-order valence-electron chi connectivity index (χ1n) is 9.25. The number of aryl methyl sites for hydroxylation is 1. The van der Waals surface area contributed by atoms with Gasteiger partial charge in [0.15, 0.2) is 5.65 Å². The Hall–Kier alpha value is -3.68. The monoisotopic (exact) mass is 407 g/mol. The fourth-order valence-corrected chi connectivity index (χ4v) is 3.16. The first kappa shape index (κ1) is 19.6. The summed E-state index contributed by atoms with van der Waals surface area (Å²) in [5, 5.41) is 0. The Morgan fingerprint density at radius 3 is 2.47 bits per heavy atom. The Morgan fingerprint density at radius 2 is 1.80 bits per heavy atom. The predicted molar refractivity (Wildman–Crippen MR) is 110 cm³/mol. The first-order chi connectivity index (χ1) is 14.2. The van der Waals surface area contributed by atoms with E-state index in [0.29, 0.717) is 22.6 Å². The van der Waals surface area contributed by atoms with Crippen molar-refractivity contribution in [3.8, 4) is 11.3 Å². The number of rotatable bonds is 4. The number of hydrogen-bond donors (Lipinski definition) is 0. The molecule has 4 rings (SSSR count). The van der Waals surface area contributed by atoms with Crippen molar-refractivity contribution in [3.05, 3.63) is 78.1 Å². The number of pyridine rings is 1. The lowest BCUT2D eigenvalue weighted by molar-refractivity contribution is 0.0175. The molecule has 0 spiro atoms. The number of imidazole rings is 1.